The van der Waals surface area contributed by atoms with E-state index in [0.29, 0.717) is 19.3 Å². The monoisotopic (exact) mass is 527 g/mol. The summed E-state index contributed by atoms with van der Waals surface area (Å²) in [6, 6.07) is 18.5. The summed E-state index contributed by atoms with van der Waals surface area (Å²) in [5, 5.41) is 11.2. The minimum absolute atomic E-state index is 0.0349. The molecule has 7 N–H and O–H groups in total. The zero-order valence-electron chi connectivity index (χ0n) is 22.3. The maximum atomic E-state index is 13.3. The first-order valence-electron chi connectivity index (χ1n) is 13.1. The van der Waals surface area contributed by atoms with Crippen LogP contribution in [0.4, 0.5) is 4.79 Å². The first-order valence-corrected chi connectivity index (χ1v) is 13.1. The van der Waals surface area contributed by atoms with E-state index in [1.54, 1.807) is 0 Å². The molecule has 0 saturated heterocycles. The van der Waals surface area contributed by atoms with E-state index < -0.39 is 47.4 Å². The second-order valence-electron chi connectivity index (χ2n) is 10.7. The number of carbonyl (C=O) groups excluding carboxylic acids is 2. The molecule has 0 heterocycles. The van der Waals surface area contributed by atoms with Crippen molar-refractivity contribution in [2.24, 2.45) is 22.6 Å². The zero-order chi connectivity index (χ0) is 27.8. The van der Waals surface area contributed by atoms with Crippen molar-refractivity contribution in [2.45, 2.75) is 75.9 Å². The molecule has 2 aromatic carbocycles. The Bertz CT molecular complexity index is 1040. The summed E-state index contributed by atoms with van der Waals surface area (Å²) >= 11 is 0. The SMILES string of the molecule is CC1(C)CCCC1(O)C(=O)OC(COC(CN)C(Cc1ccccc1)OC(N)=O)CC(N)c1ccccc1. The van der Waals surface area contributed by atoms with Gasteiger partial charge in [0.2, 0.25) is 0 Å². The number of esters is 1. The number of aliphatic hydroxyl groups is 1. The molecule has 0 bridgehead atoms. The number of rotatable bonds is 13. The molecule has 1 amide bonds. The fraction of sp³-hybridized carbons (Fsp3) is 0.517. The van der Waals surface area contributed by atoms with Gasteiger partial charge in [-0.2, -0.15) is 0 Å². The van der Waals surface area contributed by atoms with Gasteiger partial charge in [-0.1, -0.05) is 74.5 Å². The summed E-state index contributed by atoms with van der Waals surface area (Å²) in [6.45, 7) is 3.70. The number of carbonyl (C=O) groups is 2. The topological polar surface area (TPSA) is 160 Å². The third-order valence-corrected chi connectivity index (χ3v) is 7.51. The van der Waals surface area contributed by atoms with Gasteiger partial charge < -0.3 is 36.5 Å². The van der Waals surface area contributed by atoms with Crippen LogP contribution in [0.2, 0.25) is 0 Å². The maximum absolute atomic E-state index is 13.3. The molecule has 1 aliphatic carbocycles. The molecule has 0 spiro atoms. The molecule has 5 unspecified atom stereocenters. The quantitative estimate of drug-likeness (QED) is 0.289. The van der Waals surface area contributed by atoms with E-state index in [1.165, 1.54) is 0 Å². The van der Waals surface area contributed by atoms with E-state index in [4.69, 9.17) is 31.4 Å². The van der Waals surface area contributed by atoms with Gasteiger partial charge in [0.15, 0.2) is 5.60 Å². The summed E-state index contributed by atoms with van der Waals surface area (Å²) in [5.74, 6) is -0.688. The standard InChI is InChI=1S/C29H41N3O6/c1-28(2)14-9-15-29(28,35)26(33)37-22(17-23(31)21-12-7-4-8-13-21)19-36-25(18-30)24(38-27(32)34)16-20-10-5-3-6-11-20/h3-8,10-13,22-25,35H,9,14-19,30-31H2,1-2H3,(H2,32,34). The van der Waals surface area contributed by atoms with Crippen molar-refractivity contribution >= 4 is 12.1 Å². The number of amides is 1. The summed E-state index contributed by atoms with van der Waals surface area (Å²) in [5.41, 5.74) is 17.4. The molecule has 3 rings (SSSR count). The predicted octanol–water partition coefficient (Wildman–Crippen LogP) is 2.98. The van der Waals surface area contributed by atoms with E-state index in [0.717, 1.165) is 17.5 Å². The Morgan fingerprint density at radius 3 is 2.16 bits per heavy atom. The summed E-state index contributed by atoms with van der Waals surface area (Å²) < 4.78 is 17.3. The van der Waals surface area contributed by atoms with Gasteiger partial charge in [0, 0.05) is 30.8 Å². The van der Waals surface area contributed by atoms with Crippen LogP contribution in [0.25, 0.3) is 0 Å². The molecule has 5 atom stereocenters. The Hall–Kier alpha value is -2.98. The number of hydrogen-bond donors (Lipinski definition) is 4. The van der Waals surface area contributed by atoms with Crippen molar-refractivity contribution in [1.29, 1.82) is 0 Å². The summed E-state index contributed by atoms with van der Waals surface area (Å²) in [6.07, 6.45) is -0.828. The third kappa shape index (κ3) is 7.54. The molecule has 0 aliphatic heterocycles. The van der Waals surface area contributed by atoms with E-state index in [9.17, 15) is 14.7 Å². The van der Waals surface area contributed by atoms with Gasteiger partial charge in [0.1, 0.15) is 18.3 Å². The second-order valence-corrected chi connectivity index (χ2v) is 10.7. The largest absolute Gasteiger partial charge is 0.458 e. The highest BCUT2D eigenvalue weighted by atomic mass is 16.6. The maximum Gasteiger partial charge on any atom is 0.404 e. The van der Waals surface area contributed by atoms with Gasteiger partial charge in [0.25, 0.3) is 0 Å². The van der Waals surface area contributed by atoms with Crippen molar-refractivity contribution in [3.05, 3.63) is 71.8 Å². The van der Waals surface area contributed by atoms with E-state index in [1.807, 2.05) is 74.5 Å². The zero-order valence-corrected chi connectivity index (χ0v) is 22.3. The summed E-state index contributed by atoms with van der Waals surface area (Å²) in [4.78, 5) is 24.9. The van der Waals surface area contributed by atoms with Gasteiger partial charge >= 0.3 is 12.1 Å². The van der Waals surface area contributed by atoms with Crippen LogP contribution in [0, 0.1) is 5.41 Å². The van der Waals surface area contributed by atoms with E-state index in [2.05, 4.69) is 0 Å². The highest BCUT2D eigenvalue weighted by Gasteiger charge is 2.54. The molecule has 1 saturated carbocycles. The van der Waals surface area contributed by atoms with Gasteiger partial charge in [0.05, 0.1) is 6.61 Å². The van der Waals surface area contributed by atoms with Crippen LogP contribution in [0.3, 0.4) is 0 Å². The molecule has 9 heteroatoms. The van der Waals surface area contributed by atoms with Crippen LogP contribution in [0.1, 0.15) is 56.7 Å². The first-order chi connectivity index (χ1) is 18.1. The number of hydrogen-bond acceptors (Lipinski definition) is 8. The minimum atomic E-state index is -1.60. The predicted molar refractivity (Wildman–Crippen MR) is 144 cm³/mol. The van der Waals surface area contributed by atoms with Gasteiger partial charge in [-0.25, -0.2) is 9.59 Å². The Labute approximate surface area is 224 Å². The van der Waals surface area contributed by atoms with Gasteiger partial charge in [-0.15, -0.1) is 0 Å². The van der Waals surface area contributed by atoms with Crippen molar-refractivity contribution in [3.63, 3.8) is 0 Å². The van der Waals surface area contributed by atoms with Gasteiger partial charge in [-0.3, -0.25) is 0 Å². The smallest absolute Gasteiger partial charge is 0.404 e. The lowest BCUT2D eigenvalue weighted by atomic mass is 9.78. The molecule has 1 aliphatic rings. The highest BCUT2D eigenvalue weighted by Crippen LogP contribution is 2.46. The number of nitrogens with two attached hydrogens (primary N) is 3. The molecular weight excluding hydrogens is 486 g/mol. The van der Waals surface area contributed by atoms with Crippen molar-refractivity contribution < 1.29 is 28.9 Å². The lowest BCUT2D eigenvalue weighted by Gasteiger charge is -2.36. The Morgan fingerprint density at radius 2 is 1.61 bits per heavy atom. The molecular formula is C29H41N3O6. The Balaban J connectivity index is 1.76. The molecule has 1 fully saturated rings. The highest BCUT2D eigenvalue weighted by molar-refractivity contribution is 5.81. The van der Waals surface area contributed by atoms with Crippen molar-refractivity contribution in [1.82, 2.24) is 0 Å². The van der Waals surface area contributed by atoms with Crippen LogP contribution in [-0.2, 0) is 25.4 Å². The minimum Gasteiger partial charge on any atom is -0.458 e. The second kappa shape index (κ2) is 13.2. The Morgan fingerprint density at radius 1 is 0.974 bits per heavy atom. The number of ether oxygens (including phenoxy) is 3. The molecule has 0 radical (unpaired) electrons. The molecule has 208 valence electrons. The number of primary amides is 1. The van der Waals surface area contributed by atoms with Crippen LogP contribution in [-0.4, -0.2) is 54.2 Å². The third-order valence-electron chi connectivity index (χ3n) is 7.51. The molecule has 38 heavy (non-hydrogen) atoms. The Kier molecular flexibility index (Phi) is 10.3. The van der Waals surface area contributed by atoms with Crippen molar-refractivity contribution in [2.75, 3.05) is 13.2 Å². The fourth-order valence-electron chi connectivity index (χ4n) is 5.03. The van der Waals surface area contributed by atoms with E-state index >= 15 is 0 Å². The lowest BCUT2D eigenvalue weighted by Crippen LogP contribution is -2.50. The average Bonchev–Trinajstić information content (AvgIpc) is 3.17. The van der Waals surface area contributed by atoms with Crippen LogP contribution >= 0.6 is 0 Å². The molecule has 0 aromatic heterocycles. The van der Waals surface area contributed by atoms with E-state index in [-0.39, 0.29) is 19.6 Å². The fourth-order valence-corrected chi connectivity index (χ4v) is 5.03. The van der Waals surface area contributed by atoms with Crippen LogP contribution in [0.15, 0.2) is 60.7 Å². The summed E-state index contributed by atoms with van der Waals surface area (Å²) in [7, 11) is 0. The molecule has 2 aromatic rings. The average molecular weight is 528 g/mol. The normalized spacial score (nSPS) is 21.7. The van der Waals surface area contributed by atoms with Crippen LogP contribution in [0.5, 0.6) is 0 Å². The van der Waals surface area contributed by atoms with Crippen molar-refractivity contribution in [3.8, 4) is 0 Å². The van der Waals surface area contributed by atoms with Crippen LogP contribution < -0.4 is 17.2 Å². The first kappa shape index (κ1) is 29.6. The lowest BCUT2D eigenvalue weighted by molar-refractivity contribution is -0.186. The van der Waals surface area contributed by atoms with Gasteiger partial charge in [-0.05, 0) is 30.4 Å². The molecule has 9 nitrogen and oxygen atoms in total. The number of benzene rings is 2.